The van der Waals surface area contributed by atoms with Crippen LogP contribution >= 0.6 is 31.3 Å². The second-order valence-electron chi connectivity index (χ2n) is 9.92. The number of aromatic hydroxyl groups is 1. The van der Waals surface area contributed by atoms with E-state index in [-0.39, 0.29) is 11.8 Å². The van der Waals surface area contributed by atoms with Crippen LogP contribution in [0.4, 0.5) is 17.1 Å². The Bertz CT molecular complexity index is 1360. The van der Waals surface area contributed by atoms with Gasteiger partial charge in [0.25, 0.3) is 0 Å². The van der Waals surface area contributed by atoms with Crippen molar-refractivity contribution in [2.45, 2.75) is 47.3 Å². The van der Waals surface area contributed by atoms with E-state index in [2.05, 4.69) is 65.1 Å². The number of rotatable bonds is 9. The maximum Gasteiger partial charge on any atom is 0.0142 e. The normalized spacial score (nSPS) is 13.5. The third-order valence-electron chi connectivity index (χ3n) is 6.28. The van der Waals surface area contributed by atoms with Crippen molar-refractivity contribution in [3.8, 4) is 5.75 Å². The van der Waals surface area contributed by atoms with E-state index in [9.17, 15) is 10.1 Å². The van der Waals surface area contributed by atoms with Gasteiger partial charge in [-0.1, -0.05) is 17.7 Å². The molecule has 3 aromatic carbocycles. The van der Waals surface area contributed by atoms with Gasteiger partial charge < -0.3 is 9.21 Å². The fourth-order valence-corrected chi connectivity index (χ4v) is 6.98. The van der Waals surface area contributed by atoms with Crippen LogP contribution < -0.4 is 10.2 Å². The number of nitro groups is 1. The summed E-state index contributed by atoms with van der Waals surface area (Å²) >= 11 is -0.315. The minimum Gasteiger partial charge on any atom is -0.506 e. The molecule has 1 aliphatic heterocycles. The minimum atomic E-state index is -2.10. The number of ether oxygens (including phenoxy) is 1. The van der Waals surface area contributed by atoms with Crippen LogP contribution in [0.5, 0.6) is 5.75 Å². The molecule has 0 aromatic heterocycles. The fourth-order valence-electron chi connectivity index (χ4n) is 4.65. The summed E-state index contributed by atoms with van der Waals surface area (Å²) < 4.78 is 8.59. The predicted molar refractivity (Wildman–Crippen MR) is 173 cm³/mol. The molecule has 3 aromatic rings. The molecule has 0 bridgehead atoms. The average Bonchev–Trinajstić information content (AvgIpc) is 3.36. The van der Waals surface area contributed by atoms with Crippen molar-refractivity contribution in [1.29, 1.82) is 0 Å². The number of non-ortho nitro benzene ring substituents is 1. The number of aliphatic hydroxyl groups is 1. The monoisotopic (exact) mass is 706 g/mol. The van der Waals surface area contributed by atoms with Crippen molar-refractivity contribution in [3.63, 3.8) is 0 Å². The van der Waals surface area contributed by atoms with E-state index in [4.69, 9.17) is 19.4 Å². The maximum absolute atomic E-state index is 11.0. The number of hydrogen-bond donors (Lipinski definition) is 1. The molecule has 0 saturated carbocycles. The molecule has 1 aliphatic rings. The summed E-state index contributed by atoms with van der Waals surface area (Å²) in [5.41, 5.74) is 7.99. The molecule has 0 aliphatic carbocycles. The van der Waals surface area contributed by atoms with Gasteiger partial charge in [0.2, 0.25) is 0 Å². The molecule has 41 heavy (non-hydrogen) atoms. The zero-order valence-electron chi connectivity index (χ0n) is 24.2. The Morgan fingerprint density at radius 2 is 1.80 bits per heavy atom. The topological polar surface area (TPSA) is 74.4 Å². The molecular weight excluding hydrogens is 668 g/mol. The second-order valence-corrected chi connectivity index (χ2v) is 16.5. The van der Waals surface area contributed by atoms with Gasteiger partial charge in [-0.2, -0.15) is 6.67 Å². The van der Waals surface area contributed by atoms with Crippen LogP contribution in [0, 0.1) is 37.6 Å². The van der Waals surface area contributed by atoms with E-state index in [0.29, 0.717) is 12.1 Å². The van der Waals surface area contributed by atoms with Gasteiger partial charge in [0, 0.05) is 12.2 Å². The van der Waals surface area contributed by atoms with Gasteiger partial charge in [-0.05, 0) is 44.7 Å². The zero-order valence-corrected chi connectivity index (χ0v) is 28.2. The molecule has 7 nitrogen and oxygen atoms in total. The van der Waals surface area contributed by atoms with Crippen molar-refractivity contribution in [2.75, 3.05) is 29.6 Å². The predicted octanol–water partition coefficient (Wildman–Crippen LogP) is 8.06. The van der Waals surface area contributed by atoms with E-state index in [0.717, 1.165) is 30.1 Å². The molecule has 0 unspecified atom stereocenters. The molecule has 0 radical (unpaired) electrons. The Morgan fingerprint density at radius 3 is 2.39 bits per heavy atom. The smallest absolute Gasteiger partial charge is 0.0142 e. The third-order valence-corrected chi connectivity index (χ3v) is 8.86. The van der Waals surface area contributed by atoms with Gasteiger partial charge in [-0.15, -0.1) is 11.9 Å². The first-order valence-electron chi connectivity index (χ1n) is 13.1. The molecule has 0 amide bonds. The van der Waals surface area contributed by atoms with Crippen molar-refractivity contribution in [1.82, 2.24) is 4.31 Å². The number of nitrogens with zero attached hydrogens (tertiary/aromatic N) is 3. The van der Waals surface area contributed by atoms with Gasteiger partial charge in [-0.25, -0.2) is 0 Å². The van der Waals surface area contributed by atoms with Crippen LogP contribution in [0.25, 0.3) is 0 Å². The van der Waals surface area contributed by atoms with Crippen LogP contribution in [0.15, 0.2) is 54.6 Å². The Hall–Kier alpha value is -2.16. The molecule has 0 atom stereocenters. The van der Waals surface area contributed by atoms with Crippen LogP contribution in [0.2, 0.25) is 0 Å². The first kappa shape index (κ1) is 33.3. The van der Waals surface area contributed by atoms with Gasteiger partial charge in [0.05, 0.1) is 0 Å². The van der Waals surface area contributed by atoms with Crippen molar-refractivity contribution < 1.29 is 23.2 Å². The summed E-state index contributed by atoms with van der Waals surface area (Å²) in [5, 5.41) is 14.3. The second kappa shape index (κ2) is 15.9. The summed E-state index contributed by atoms with van der Waals surface area (Å²) in [7, 11) is 11.9. The number of nitrogens with one attached hydrogen (secondary N) is 1. The molecule has 1 saturated heterocycles. The summed E-state index contributed by atoms with van der Waals surface area (Å²) in [6.45, 7) is 15.5. The number of hydrogen-bond acceptors (Lipinski definition) is 6. The molecule has 1 fully saturated rings. The van der Waals surface area contributed by atoms with Crippen LogP contribution in [-0.4, -0.2) is 44.0 Å². The van der Waals surface area contributed by atoms with Crippen molar-refractivity contribution >= 4 is 53.0 Å². The minimum absolute atomic E-state index is 0.0222. The fraction of sp³-hybridized carbons (Fsp3) is 0.333. The van der Waals surface area contributed by atoms with E-state index >= 15 is 0 Å². The molecule has 224 valence electrons. The van der Waals surface area contributed by atoms with E-state index in [1.54, 1.807) is 22.6 Å². The molecule has 11 heteroatoms. The number of para-hydroxylation sites is 2. The number of aryl methyl sites for hydroxylation is 3. The molecule has 4 rings (SSSR count). The Morgan fingerprint density at radius 1 is 1.12 bits per heavy atom. The molecular formula is C30H38Cl2N4O3RuS. The summed E-state index contributed by atoms with van der Waals surface area (Å²) in [6, 6.07) is 17.0. The van der Waals surface area contributed by atoms with Crippen LogP contribution in [0.3, 0.4) is 0 Å². The van der Waals surface area contributed by atoms with Crippen LogP contribution in [0.1, 0.15) is 41.7 Å². The van der Waals surface area contributed by atoms with Gasteiger partial charge in [-0.3, -0.25) is 0 Å². The van der Waals surface area contributed by atoms with Gasteiger partial charge in [0.1, 0.15) is 0 Å². The van der Waals surface area contributed by atoms with Crippen molar-refractivity contribution in [3.05, 3.63) is 99.2 Å². The van der Waals surface area contributed by atoms with Gasteiger partial charge >= 0.3 is 160 Å². The largest absolute Gasteiger partial charge is 0.506 e. The maximum atomic E-state index is 11.0. The number of benzene rings is 3. The quantitative estimate of drug-likeness (QED) is 0.0462. The third kappa shape index (κ3) is 9.97. The SMILES string of the molecule is CC(C)[OH+]c1ccccc1NCc1ccc([N+](=O)[O-])cc1[CH]=[Ru]([Cl])[Cl].CSN1[CH-]N(c2c(C)cc(C)cc2C)CC1. The number of nitro benzene ring substituents is 1. The average molecular weight is 707 g/mol. The number of anilines is 2. The summed E-state index contributed by atoms with van der Waals surface area (Å²) in [6.07, 6.45) is 2.31. The molecule has 1 heterocycles. The van der Waals surface area contributed by atoms with E-state index in [1.807, 2.05) is 38.1 Å². The first-order valence-corrected chi connectivity index (χ1v) is 19.8. The van der Waals surface area contributed by atoms with E-state index < -0.39 is 18.4 Å². The van der Waals surface area contributed by atoms with Crippen molar-refractivity contribution in [2.24, 2.45) is 0 Å². The van der Waals surface area contributed by atoms with Gasteiger partial charge in [0.15, 0.2) is 0 Å². The van der Waals surface area contributed by atoms with E-state index in [1.165, 1.54) is 34.5 Å². The Kier molecular flexibility index (Phi) is 12.9. The molecule has 2 N–H and O–H groups in total. The standard InChI is InChI=1S/C17H18N2O3.C13H19N2S.2ClH.Ru/c1-12(2)22-17-7-5-4-6-16(17)18-11-14-8-9-15(19(20)21)10-13(14)3;1-10-7-11(2)13(12(3)8-10)14-5-6-15(9-14)16-4;;;/h3-10,12,18H,11H2,1-2H3;7-9H,5-6H2,1-4H3;2*1H;/q;-1;;;+2/p-1. The molecule has 0 spiro atoms. The zero-order chi connectivity index (χ0) is 30.1. The first-order chi connectivity index (χ1) is 19.5. The number of halogens is 2. The Labute approximate surface area is 261 Å². The summed E-state index contributed by atoms with van der Waals surface area (Å²) in [4.78, 5) is 12.9. The Balaban J connectivity index is 0.000000248. The summed E-state index contributed by atoms with van der Waals surface area (Å²) in [5.74, 6) is 0.882. The van der Waals surface area contributed by atoms with Crippen LogP contribution in [-0.2, 0) is 20.1 Å².